The van der Waals surface area contributed by atoms with Gasteiger partial charge in [0.05, 0.1) is 7.11 Å². The summed E-state index contributed by atoms with van der Waals surface area (Å²) in [6.07, 6.45) is 8.98. The van der Waals surface area contributed by atoms with Crippen LogP contribution in [0.5, 0.6) is 5.75 Å². The molecule has 0 fully saturated rings. The van der Waals surface area contributed by atoms with Gasteiger partial charge in [-0.25, -0.2) is 5.48 Å². The van der Waals surface area contributed by atoms with Crippen LogP contribution in [0.2, 0.25) is 0 Å². The normalized spacial score (nSPS) is 12.3. The highest BCUT2D eigenvalue weighted by Gasteiger charge is 2.28. The van der Waals surface area contributed by atoms with Gasteiger partial charge in [0.2, 0.25) is 17.7 Å². The Hall–Kier alpha value is -4.63. The highest BCUT2D eigenvalue weighted by Crippen LogP contribution is 2.21. The number of H-pyrrole nitrogens is 1. The minimum absolute atomic E-state index is 0.158. The molecule has 0 saturated carbocycles. The van der Waals surface area contributed by atoms with E-state index in [0.717, 1.165) is 66.3 Å². The monoisotopic (exact) mass is 626 g/mol. The zero-order chi connectivity index (χ0) is 32.6. The summed E-state index contributed by atoms with van der Waals surface area (Å²) in [5.74, 6) is -1.10. The Labute approximate surface area is 271 Å². The lowest BCUT2D eigenvalue weighted by atomic mass is 9.94. The van der Waals surface area contributed by atoms with Gasteiger partial charge in [0.1, 0.15) is 11.8 Å². The number of hydrogen-bond donors (Lipinski definition) is 5. The average molecular weight is 627 g/mol. The zero-order valence-corrected chi connectivity index (χ0v) is 26.6. The number of carbonyl (C=O) groups excluding carboxylic acids is 3. The molecule has 9 heteroatoms. The van der Waals surface area contributed by atoms with Crippen molar-refractivity contribution < 1.29 is 24.3 Å². The van der Waals surface area contributed by atoms with E-state index < -0.39 is 17.9 Å². The molecular formula is C37H46N4O5. The number of carbonyl (C=O) groups is 3. The molecular weight excluding hydrogens is 580 g/mol. The van der Waals surface area contributed by atoms with E-state index in [1.807, 2.05) is 72.9 Å². The van der Waals surface area contributed by atoms with Crippen molar-refractivity contribution in [2.24, 2.45) is 5.92 Å². The number of benzene rings is 3. The van der Waals surface area contributed by atoms with E-state index in [4.69, 9.17) is 4.74 Å². The number of aromatic nitrogens is 1. The molecule has 4 rings (SSSR count). The van der Waals surface area contributed by atoms with Crippen LogP contribution < -0.4 is 20.9 Å². The van der Waals surface area contributed by atoms with Crippen LogP contribution in [0.3, 0.4) is 0 Å². The highest BCUT2D eigenvalue weighted by atomic mass is 16.5. The molecule has 0 unspecified atom stereocenters. The summed E-state index contributed by atoms with van der Waals surface area (Å²) in [5.41, 5.74) is 5.91. The quantitative estimate of drug-likeness (QED) is 0.0521. The highest BCUT2D eigenvalue weighted by molar-refractivity contribution is 5.91. The fourth-order valence-corrected chi connectivity index (χ4v) is 5.75. The summed E-state index contributed by atoms with van der Waals surface area (Å²) in [6.45, 7) is 0.428. The summed E-state index contributed by atoms with van der Waals surface area (Å²) >= 11 is 0. The number of amides is 3. The average Bonchev–Trinajstić information content (AvgIpc) is 3.50. The van der Waals surface area contributed by atoms with Crippen molar-refractivity contribution in [2.45, 2.75) is 70.3 Å². The number of aryl methyl sites for hydroxylation is 1. The van der Waals surface area contributed by atoms with Crippen molar-refractivity contribution in [3.63, 3.8) is 0 Å². The van der Waals surface area contributed by atoms with Gasteiger partial charge in [0, 0.05) is 42.4 Å². The Balaban J connectivity index is 1.33. The first kappa shape index (κ1) is 34.2. The van der Waals surface area contributed by atoms with Crippen LogP contribution in [-0.2, 0) is 33.6 Å². The third-order valence-corrected chi connectivity index (χ3v) is 8.39. The molecule has 244 valence electrons. The molecule has 4 aromatic rings. The number of fused-ring (bicyclic) bond motifs is 1. The molecule has 2 atom stereocenters. The Morgan fingerprint density at radius 3 is 2.26 bits per heavy atom. The largest absolute Gasteiger partial charge is 0.497 e. The van der Waals surface area contributed by atoms with E-state index in [9.17, 15) is 19.6 Å². The number of ether oxygens (including phenoxy) is 1. The van der Waals surface area contributed by atoms with Gasteiger partial charge in [-0.1, -0.05) is 86.3 Å². The van der Waals surface area contributed by atoms with Gasteiger partial charge in [-0.2, -0.15) is 0 Å². The van der Waals surface area contributed by atoms with Crippen molar-refractivity contribution in [3.05, 3.63) is 102 Å². The number of methoxy groups -OCH3 is 1. The number of para-hydroxylation sites is 1. The Kier molecular flexibility index (Phi) is 13.7. The Morgan fingerprint density at radius 2 is 1.50 bits per heavy atom. The SMILES string of the molecule is COc1ccc(CCCCCCC[C@@H](CC(=O)NO)C(=O)N[C@H](Cc2c[nH]c3ccccc23)C(=O)NCCc2ccccc2)cc1. The molecule has 3 amide bonds. The number of hydrogen-bond acceptors (Lipinski definition) is 5. The lowest BCUT2D eigenvalue weighted by molar-refractivity contribution is -0.136. The summed E-state index contributed by atoms with van der Waals surface area (Å²) < 4.78 is 5.22. The fraction of sp³-hybridized carbons (Fsp3) is 0.378. The maximum atomic E-state index is 13.6. The van der Waals surface area contributed by atoms with Crippen LogP contribution in [0.4, 0.5) is 0 Å². The predicted molar refractivity (Wildman–Crippen MR) is 180 cm³/mol. The third kappa shape index (κ3) is 10.8. The molecule has 0 radical (unpaired) electrons. The van der Waals surface area contributed by atoms with E-state index in [2.05, 4.69) is 27.8 Å². The van der Waals surface area contributed by atoms with Gasteiger partial charge in [-0.15, -0.1) is 0 Å². The number of rotatable bonds is 19. The van der Waals surface area contributed by atoms with Crippen LogP contribution in [0, 0.1) is 5.92 Å². The number of hydroxylamine groups is 1. The molecule has 0 bridgehead atoms. The Bertz CT molecular complexity index is 1520. The maximum absolute atomic E-state index is 13.6. The van der Waals surface area contributed by atoms with Gasteiger partial charge < -0.3 is 20.4 Å². The molecule has 3 aromatic carbocycles. The molecule has 0 aliphatic carbocycles. The van der Waals surface area contributed by atoms with E-state index >= 15 is 0 Å². The van der Waals surface area contributed by atoms with Gasteiger partial charge >= 0.3 is 0 Å². The van der Waals surface area contributed by atoms with Gasteiger partial charge in [-0.05, 0) is 60.6 Å². The first-order chi connectivity index (χ1) is 22.5. The maximum Gasteiger partial charge on any atom is 0.244 e. The summed E-state index contributed by atoms with van der Waals surface area (Å²) in [5, 5.41) is 16.1. The molecule has 0 saturated heterocycles. The predicted octanol–water partition coefficient (Wildman–Crippen LogP) is 5.66. The summed E-state index contributed by atoms with van der Waals surface area (Å²) in [4.78, 5) is 42.4. The van der Waals surface area contributed by atoms with Crippen LogP contribution >= 0.6 is 0 Å². The minimum Gasteiger partial charge on any atom is -0.497 e. The topological polar surface area (TPSA) is 133 Å². The molecule has 1 heterocycles. The van der Waals surface area contributed by atoms with E-state index in [1.165, 1.54) is 5.56 Å². The molecule has 9 nitrogen and oxygen atoms in total. The van der Waals surface area contributed by atoms with Crippen molar-refractivity contribution in [1.29, 1.82) is 0 Å². The first-order valence-corrected chi connectivity index (χ1v) is 16.2. The Morgan fingerprint density at radius 1 is 0.804 bits per heavy atom. The lowest BCUT2D eigenvalue weighted by Gasteiger charge is -2.22. The van der Waals surface area contributed by atoms with Crippen molar-refractivity contribution in [3.8, 4) is 5.75 Å². The second-order valence-corrected chi connectivity index (χ2v) is 11.7. The zero-order valence-electron chi connectivity index (χ0n) is 26.6. The van der Waals surface area contributed by atoms with E-state index in [0.29, 0.717) is 25.8 Å². The number of unbranched alkanes of at least 4 members (excludes halogenated alkanes) is 4. The smallest absolute Gasteiger partial charge is 0.244 e. The van der Waals surface area contributed by atoms with Crippen LogP contribution in [0.15, 0.2) is 85.1 Å². The number of nitrogens with one attached hydrogen (secondary N) is 4. The standard InChI is InChI=1S/C37H46N4O5/c1-46-31-20-18-28(19-21-31)14-6-3-2-4-9-15-29(25-35(42)41-45)36(43)40-34(24-30-26-39-33-17-11-10-16-32(30)33)37(44)38-23-22-27-12-7-5-8-13-27/h5,7-8,10-13,16-21,26,29,34,39,45H,2-4,6,9,14-15,22-25H2,1H3,(H,38,44)(H,40,43)(H,41,42)/t29-,34+/m0/s1. The van der Waals surface area contributed by atoms with E-state index in [-0.39, 0.29) is 18.2 Å². The van der Waals surface area contributed by atoms with Gasteiger partial charge in [0.15, 0.2) is 0 Å². The second kappa shape index (κ2) is 18.4. The van der Waals surface area contributed by atoms with Gasteiger partial charge in [-0.3, -0.25) is 19.6 Å². The van der Waals surface area contributed by atoms with Crippen LogP contribution in [0.1, 0.15) is 61.6 Å². The third-order valence-electron chi connectivity index (χ3n) is 8.39. The van der Waals surface area contributed by atoms with Crippen LogP contribution in [0.25, 0.3) is 10.9 Å². The summed E-state index contributed by atoms with van der Waals surface area (Å²) in [7, 11) is 1.66. The second-order valence-electron chi connectivity index (χ2n) is 11.7. The first-order valence-electron chi connectivity index (χ1n) is 16.2. The van der Waals surface area contributed by atoms with E-state index in [1.54, 1.807) is 12.6 Å². The fourth-order valence-electron chi connectivity index (χ4n) is 5.75. The lowest BCUT2D eigenvalue weighted by Crippen LogP contribution is -2.50. The molecule has 46 heavy (non-hydrogen) atoms. The molecule has 0 spiro atoms. The number of aromatic amines is 1. The molecule has 0 aliphatic rings. The molecule has 1 aromatic heterocycles. The van der Waals surface area contributed by atoms with Crippen molar-refractivity contribution >= 4 is 28.6 Å². The van der Waals surface area contributed by atoms with Gasteiger partial charge in [0.25, 0.3) is 0 Å². The van der Waals surface area contributed by atoms with Crippen molar-refractivity contribution in [2.75, 3.05) is 13.7 Å². The van der Waals surface area contributed by atoms with Crippen LogP contribution in [-0.4, -0.2) is 47.6 Å². The summed E-state index contributed by atoms with van der Waals surface area (Å²) in [6, 6.07) is 25.0. The minimum atomic E-state index is -0.833. The molecule has 0 aliphatic heterocycles. The molecule has 5 N–H and O–H groups in total. The van der Waals surface area contributed by atoms with Crippen molar-refractivity contribution in [1.82, 2.24) is 21.1 Å².